The van der Waals surface area contributed by atoms with Gasteiger partial charge in [0, 0.05) is 5.69 Å². The van der Waals surface area contributed by atoms with E-state index >= 15 is 0 Å². The molecule has 1 atom stereocenters. The van der Waals surface area contributed by atoms with Crippen molar-refractivity contribution in [3.63, 3.8) is 0 Å². The second kappa shape index (κ2) is 5.01. The minimum absolute atomic E-state index is 0.172. The van der Waals surface area contributed by atoms with Gasteiger partial charge in [-0.2, -0.15) is 0 Å². The first-order chi connectivity index (χ1) is 7.75. The zero-order valence-corrected chi connectivity index (χ0v) is 9.37. The molecule has 0 aliphatic carbocycles. The molecule has 0 aromatic heterocycles. The van der Waals surface area contributed by atoms with Crippen LogP contribution in [0.2, 0.25) is 0 Å². The molecule has 1 aromatic rings. The van der Waals surface area contributed by atoms with Crippen LogP contribution < -0.4 is 5.32 Å². The van der Waals surface area contributed by atoms with Crippen LogP contribution in [0.1, 0.15) is 18.4 Å². The summed E-state index contributed by atoms with van der Waals surface area (Å²) in [6, 6.07) is 5.18. The van der Waals surface area contributed by atoms with Crippen LogP contribution in [0, 0.1) is 12.7 Å². The molecule has 3 heteroatoms. The molecule has 0 fully saturated rings. The fourth-order valence-corrected chi connectivity index (χ4v) is 1.67. The van der Waals surface area contributed by atoms with Crippen molar-refractivity contribution in [2.75, 3.05) is 11.9 Å². The molecule has 1 aromatic carbocycles. The number of allylic oxidation sites excluding steroid dienone is 1. The summed E-state index contributed by atoms with van der Waals surface area (Å²) in [5.41, 5.74) is 1.48. The quantitative estimate of drug-likeness (QED) is 0.846. The molecule has 0 spiro atoms. The van der Waals surface area contributed by atoms with Crippen molar-refractivity contribution < 1.29 is 9.13 Å². The average Bonchev–Trinajstić information content (AvgIpc) is 2.32. The van der Waals surface area contributed by atoms with Gasteiger partial charge in [-0.3, -0.25) is 0 Å². The summed E-state index contributed by atoms with van der Waals surface area (Å²) in [4.78, 5) is 0. The minimum Gasteiger partial charge on any atom is -0.497 e. The van der Waals surface area contributed by atoms with Crippen LogP contribution in [0.3, 0.4) is 0 Å². The normalized spacial score (nSPS) is 19.2. The standard InChI is InChI=1S/C13H16FNO/c1-10-5-6-11(8-13(10)14)15-9-12-4-2-3-7-16-12/h3,5-8,12,15H,2,4,9H2,1H3. The lowest BCUT2D eigenvalue weighted by molar-refractivity contribution is 0.135. The number of rotatable bonds is 3. The highest BCUT2D eigenvalue weighted by Crippen LogP contribution is 2.15. The van der Waals surface area contributed by atoms with Crippen LogP contribution in [0.5, 0.6) is 0 Å². The lowest BCUT2D eigenvalue weighted by Crippen LogP contribution is -2.22. The van der Waals surface area contributed by atoms with Crippen molar-refractivity contribution in [2.24, 2.45) is 0 Å². The lowest BCUT2D eigenvalue weighted by Gasteiger charge is -2.20. The van der Waals surface area contributed by atoms with Crippen LogP contribution >= 0.6 is 0 Å². The monoisotopic (exact) mass is 221 g/mol. The van der Waals surface area contributed by atoms with Gasteiger partial charge in [-0.05, 0) is 43.5 Å². The topological polar surface area (TPSA) is 21.3 Å². The number of benzene rings is 1. The summed E-state index contributed by atoms with van der Waals surface area (Å²) >= 11 is 0. The molecule has 86 valence electrons. The van der Waals surface area contributed by atoms with Gasteiger partial charge in [0.2, 0.25) is 0 Å². The molecule has 0 saturated carbocycles. The van der Waals surface area contributed by atoms with Crippen LogP contribution in [-0.4, -0.2) is 12.6 Å². The van der Waals surface area contributed by atoms with E-state index in [9.17, 15) is 4.39 Å². The molecule has 16 heavy (non-hydrogen) atoms. The first-order valence-corrected chi connectivity index (χ1v) is 5.56. The maximum absolute atomic E-state index is 13.3. The summed E-state index contributed by atoms with van der Waals surface area (Å²) < 4.78 is 18.7. The highest BCUT2D eigenvalue weighted by atomic mass is 19.1. The number of nitrogens with one attached hydrogen (secondary N) is 1. The van der Waals surface area contributed by atoms with Gasteiger partial charge >= 0.3 is 0 Å². The predicted molar refractivity (Wildman–Crippen MR) is 62.9 cm³/mol. The Kier molecular flexibility index (Phi) is 3.44. The molecule has 2 nitrogen and oxygen atoms in total. The number of aryl methyl sites for hydroxylation is 1. The van der Waals surface area contributed by atoms with Crippen LogP contribution in [-0.2, 0) is 4.74 Å². The van der Waals surface area contributed by atoms with Crippen molar-refractivity contribution in [1.82, 2.24) is 0 Å². The SMILES string of the molecule is Cc1ccc(NCC2CCC=CO2)cc1F. The Morgan fingerprint density at radius 2 is 2.38 bits per heavy atom. The van der Waals surface area contributed by atoms with E-state index in [1.54, 1.807) is 19.3 Å². The molecule has 0 saturated heterocycles. The molecular weight excluding hydrogens is 205 g/mol. The van der Waals surface area contributed by atoms with Crippen molar-refractivity contribution in [2.45, 2.75) is 25.9 Å². The number of anilines is 1. The number of hydrogen-bond donors (Lipinski definition) is 1. The zero-order chi connectivity index (χ0) is 11.4. The third-order valence-electron chi connectivity index (χ3n) is 2.73. The number of halogens is 1. The molecular formula is C13H16FNO. The molecule has 1 aliphatic heterocycles. The van der Waals surface area contributed by atoms with Gasteiger partial charge in [-0.25, -0.2) is 4.39 Å². The Bertz CT molecular complexity index is 390. The molecule has 1 heterocycles. The highest BCUT2D eigenvalue weighted by Gasteiger charge is 2.10. The van der Waals surface area contributed by atoms with Gasteiger partial charge in [0.15, 0.2) is 0 Å². The first kappa shape index (κ1) is 11.0. The lowest BCUT2D eigenvalue weighted by atomic mass is 10.1. The molecule has 1 aliphatic rings. The van der Waals surface area contributed by atoms with E-state index in [2.05, 4.69) is 5.32 Å². The van der Waals surface area contributed by atoms with E-state index < -0.39 is 0 Å². The van der Waals surface area contributed by atoms with Crippen molar-refractivity contribution >= 4 is 5.69 Å². The van der Waals surface area contributed by atoms with E-state index in [1.165, 1.54) is 6.07 Å². The molecule has 2 rings (SSSR count). The Balaban J connectivity index is 1.89. The van der Waals surface area contributed by atoms with Crippen LogP contribution in [0.15, 0.2) is 30.5 Å². The maximum Gasteiger partial charge on any atom is 0.128 e. The Labute approximate surface area is 95.1 Å². The molecule has 1 unspecified atom stereocenters. The first-order valence-electron chi connectivity index (χ1n) is 5.56. The Morgan fingerprint density at radius 1 is 1.50 bits per heavy atom. The summed E-state index contributed by atoms with van der Waals surface area (Å²) in [5.74, 6) is -0.172. The Morgan fingerprint density at radius 3 is 3.06 bits per heavy atom. The van der Waals surface area contributed by atoms with Crippen molar-refractivity contribution in [3.05, 3.63) is 41.9 Å². The summed E-state index contributed by atoms with van der Waals surface area (Å²) in [6.07, 6.45) is 6.01. The predicted octanol–water partition coefficient (Wildman–Crippen LogP) is 3.24. The fraction of sp³-hybridized carbons (Fsp3) is 0.385. The molecule has 0 radical (unpaired) electrons. The van der Waals surface area contributed by atoms with Gasteiger partial charge in [0.05, 0.1) is 12.8 Å². The largest absolute Gasteiger partial charge is 0.497 e. The average molecular weight is 221 g/mol. The van der Waals surface area contributed by atoms with Gasteiger partial charge in [0.25, 0.3) is 0 Å². The van der Waals surface area contributed by atoms with E-state index in [-0.39, 0.29) is 11.9 Å². The van der Waals surface area contributed by atoms with Gasteiger partial charge in [-0.1, -0.05) is 6.07 Å². The Hall–Kier alpha value is -1.51. The summed E-state index contributed by atoms with van der Waals surface area (Å²) in [5, 5.41) is 3.18. The van der Waals surface area contributed by atoms with E-state index in [4.69, 9.17) is 4.74 Å². The number of hydrogen-bond acceptors (Lipinski definition) is 2. The molecule has 1 N–H and O–H groups in total. The van der Waals surface area contributed by atoms with Crippen molar-refractivity contribution in [3.8, 4) is 0 Å². The van der Waals surface area contributed by atoms with Gasteiger partial charge in [0.1, 0.15) is 11.9 Å². The second-order valence-corrected chi connectivity index (χ2v) is 4.05. The third-order valence-corrected chi connectivity index (χ3v) is 2.73. The zero-order valence-electron chi connectivity index (χ0n) is 9.37. The van der Waals surface area contributed by atoms with Crippen LogP contribution in [0.25, 0.3) is 0 Å². The van der Waals surface area contributed by atoms with E-state index in [0.717, 1.165) is 18.5 Å². The van der Waals surface area contributed by atoms with E-state index in [1.807, 2.05) is 12.1 Å². The molecule has 0 amide bonds. The van der Waals surface area contributed by atoms with Gasteiger partial charge in [-0.15, -0.1) is 0 Å². The molecule has 0 bridgehead atoms. The van der Waals surface area contributed by atoms with Crippen LogP contribution in [0.4, 0.5) is 10.1 Å². The number of ether oxygens (including phenoxy) is 1. The smallest absolute Gasteiger partial charge is 0.128 e. The fourth-order valence-electron chi connectivity index (χ4n) is 1.67. The summed E-state index contributed by atoms with van der Waals surface area (Å²) in [6.45, 7) is 2.47. The maximum atomic E-state index is 13.3. The second-order valence-electron chi connectivity index (χ2n) is 4.05. The minimum atomic E-state index is -0.172. The van der Waals surface area contributed by atoms with Crippen molar-refractivity contribution in [1.29, 1.82) is 0 Å². The van der Waals surface area contributed by atoms with E-state index in [0.29, 0.717) is 12.1 Å². The summed E-state index contributed by atoms with van der Waals surface area (Å²) in [7, 11) is 0. The van der Waals surface area contributed by atoms with Gasteiger partial charge < -0.3 is 10.1 Å². The third kappa shape index (κ3) is 2.75. The highest BCUT2D eigenvalue weighted by molar-refractivity contribution is 5.45.